The van der Waals surface area contributed by atoms with E-state index in [4.69, 9.17) is 4.42 Å². The Balaban J connectivity index is 1.76. The lowest BCUT2D eigenvalue weighted by atomic mass is 10.0. The summed E-state index contributed by atoms with van der Waals surface area (Å²) in [6, 6.07) is 0. The van der Waals surface area contributed by atoms with Crippen LogP contribution in [0.4, 0.5) is 0 Å². The van der Waals surface area contributed by atoms with E-state index in [1.807, 2.05) is 6.92 Å². The Morgan fingerprint density at radius 2 is 2.50 bits per heavy atom. The zero-order valence-electron chi connectivity index (χ0n) is 8.32. The Labute approximate surface area is 87.9 Å². The molecule has 0 aromatic carbocycles. The lowest BCUT2D eigenvalue weighted by Gasteiger charge is -2.21. The summed E-state index contributed by atoms with van der Waals surface area (Å²) >= 11 is 1.67. The number of hydrogen-bond acceptors (Lipinski definition) is 5. The van der Waals surface area contributed by atoms with Gasteiger partial charge >= 0.3 is 0 Å². The van der Waals surface area contributed by atoms with Gasteiger partial charge in [-0.05, 0) is 31.8 Å². The van der Waals surface area contributed by atoms with Crippen LogP contribution < -0.4 is 5.32 Å². The van der Waals surface area contributed by atoms with E-state index in [9.17, 15) is 0 Å². The van der Waals surface area contributed by atoms with E-state index < -0.39 is 0 Å². The van der Waals surface area contributed by atoms with Gasteiger partial charge in [0.25, 0.3) is 5.22 Å². The molecule has 0 spiro atoms. The molecule has 5 heteroatoms. The Morgan fingerprint density at radius 1 is 1.57 bits per heavy atom. The molecule has 1 aliphatic heterocycles. The van der Waals surface area contributed by atoms with Gasteiger partial charge in [-0.25, -0.2) is 0 Å². The zero-order chi connectivity index (χ0) is 9.80. The molecule has 1 fully saturated rings. The number of nitrogens with one attached hydrogen (secondary N) is 1. The second-order valence-electron chi connectivity index (χ2n) is 3.61. The molecule has 1 aromatic rings. The van der Waals surface area contributed by atoms with E-state index in [0.29, 0.717) is 11.1 Å². The van der Waals surface area contributed by atoms with Gasteiger partial charge in [0.2, 0.25) is 5.89 Å². The number of piperidine rings is 1. The lowest BCUT2D eigenvalue weighted by molar-refractivity contribution is 0.404. The van der Waals surface area contributed by atoms with Crippen LogP contribution in [-0.4, -0.2) is 29.0 Å². The second kappa shape index (κ2) is 4.79. The molecule has 14 heavy (non-hydrogen) atoms. The molecule has 4 nitrogen and oxygen atoms in total. The number of aryl methyl sites for hydroxylation is 1. The number of aromatic nitrogens is 2. The van der Waals surface area contributed by atoms with Crippen LogP contribution in [0.3, 0.4) is 0 Å². The molecule has 0 saturated carbocycles. The second-order valence-corrected chi connectivity index (χ2v) is 4.58. The van der Waals surface area contributed by atoms with Crippen LogP contribution in [0, 0.1) is 12.8 Å². The van der Waals surface area contributed by atoms with Gasteiger partial charge in [0.1, 0.15) is 0 Å². The highest BCUT2D eigenvalue weighted by Gasteiger charge is 2.14. The summed E-state index contributed by atoms with van der Waals surface area (Å²) in [5.41, 5.74) is 0. The Kier molecular flexibility index (Phi) is 3.42. The fourth-order valence-corrected chi connectivity index (χ4v) is 2.53. The Hall–Kier alpha value is -0.550. The Morgan fingerprint density at radius 3 is 3.14 bits per heavy atom. The molecule has 0 bridgehead atoms. The molecule has 1 saturated heterocycles. The maximum Gasteiger partial charge on any atom is 0.276 e. The smallest absolute Gasteiger partial charge is 0.276 e. The third-order valence-electron chi connectivity index (χ3n) is 2.35. The van der Waals surface area contributed by atoms with Gasteiger partial charge in [0.05, 0.1) is 0 Å². The number of nitrogens with zero attached hydrogens (tertiary/aromatic N) is 2. The predicted octanol–water partition coefficient (Wildman–Crippen LogP) is 1.47. The molecule has 0 aliphatic carbocycles. The van der Waals surface area contributed by atoms with E-state index in [1.54, 1.807) is 11.8 Å². The standard InChI is InChI=1S/C9H15N3OS/c1-7-11-12-9(13-7)14-6-8-3-2-4-10-5-8/h8,10H,2-6H2,1H3. The molecule has 1 aromatic heterocycles. The van der Waals surface area contributed by atoms with Gasteiger partial charge in [-0.1, -0.05) is 11.8 Å². The first kappa shape index (κ1) is 9.98. The average molecular weight is 213 g/mol. The van der Waals surface area contributed by atoms with Crippen molar-refractivity contribution in [3.63, 3.8) is 0 Å². The normalized spacial score (nSPS) is 22.5. The molecular formula is C9H15N3OS. The molecule has 0 radical (unpaired) electrons. The van der Waals surface area contributed by atoms with Crippen LogP contribution in [0.2, 0.25) is 0 Å². The van der Waals surface area contributed by atoms with Crippen LogP contribution in [0.1, 0.15) is 18.7 Å². The third-order valence-corrected chi connectivity index (χ3v) is 3.40. The minimum atomic E-state index is 0.647. The van der Waals surface area contributed by atoms with Gasteiger partial charge in [-0.15, -0.1) is 10.2 Å². The van der Waals surface area contributed by atoms with Gasteiger partial charge < -0.3 is 9.73 Å². The molecule has 2 heterocycles. The molecule has 1 N–H and O–H groups in total. The van der Waals surface area contributed by atoms with Gasteiger partial charge in [-0.2, -0.15) is 0 Å². The van der Waals surface area contributed by atoms with Gasteiger partial charge in [-0.3, -0.25) is 0 Å². The maximum absolute atomic E-state index is 5.29. The van der Waals surface area contributed by atoms with Crippen molar-refractivity contribution in [2.45, 2.75) is 25.0 Å². The van der Waals surface area contributed by atoms with Crippen molar-refractivity contribution in [1.82, 2.24) is 15.5 Å². The topological polar surface area (TPSA) is 51.0 Å². The number of rotatable bonds is 3. The van der Waals surface area contributed by atoms with E-state index >= 15 is 0 Å². The lowest BCUT2D eigenvalue weighted by Crippen LogP contribution is -2.30. The molecule has 78 valence electrons. The van der Waals surface area contributed by atoms with Crippen molar-refractivity contribution >= 4 is 11.8 Å². The Bertz CT molecular complexity index is 283. The summed E-state index contributed by atoms with van der Waals surface area (Å²) in [6.45, 7) is 4.11. The zero-order valence-corrected chi connectivity index (χ0v) is 9.14. The van der Waals surface area contributed by atoms with Crippen molar-refractivity contribution in [2.24, 2.45) is 5.92 Å². The van der Waals surface area contributed by atoms with Crippen LogP contribution in [0.5, 0.6) is 0 Å². The van der Waals surface area contributed by atoms with Gasteiger partial charge in [0, 0.05) is 12.7 Å². The summed E-state index contributed by atoms with van der Waals surface area (Å²) in [5.74, 6) is 2.48. The van der Waals surface area contributed by atoms with Crippen molar-refractivity contribution in [2.75, 3.05) is 18.8 Å². The minimum absolute atomic E-state index is 0.647. The fraction of sp³-hybridized carbons (Fsp3) is 0.778. The molecular weight excluding hydrogens is 198 g/mol. The van der Waals surface area contributed by atoms with Crippen molar-refractivity contribution in [3.8, 4) is 0 Å². The van der Waals surface area contributed by atoms with Crippen molar-refractivity contribution in [3.05, 3.63) is 5.89 Å². The van der Waals surface area contributed by atoms with E-state index in [2.05, 4.69) is 15.5 Å². The molecule has 1 aliphatic rings. The minimum Gasteiger partial charge on any atom is -0.416 e. The molecule has 2 rings (SSSR count). The number of thioether (sulfide) groups is 1. The highest BCUT2D eigenvalue weighted by atomic mass is 32.2. The highest BCUT2D eigenvalue weighted by Crippen LogP contribution is 2.22. The van der Waals surface area contributed by atoms with E-state index in [0.717, 1.165) is 18.2 Å². The highest BCUT2D eigenvalue weighted by molar-refractivity contribution is 7.99. The summed E-state index contributed by atoms with van der Waals surface area (Å²) in [5, 5.41) is 11.9. The van der Waals surface area contributed by atoms with Crippen LogP contribution in [-0.2, 0) is 0 Å². The predicted molar refractivity (Wildman–Crippen MR) is 55.4 cm³/mol. The van der Waals surface area contributed by atoms with E-state index in [-0.39, 0.29) is 0 Å². The van der Waals surface area contributed by atoms with Crippen molar-refractivity contribution in [1.29, 1.82) is 0 Å². The molecule has 0 amide bonds. The quantitative estimate of drug-likeness (QED) is 0.771. The first-order valence-corrected chi connectivity index (χ1v) is 5.97. The summed E-state index contributed by atoms with van der Waals surface area (Å²) in [6.07, 6.45) is 2.60. The number of hydrogen-bond donors (Lipinski definition) is 1. The molecule has 1 unspecified atom stereocenters. The van der Waals surface area contributed by atoms with Crippen LogP contribution >= 0.6 is 11.8 Å². The fourth-order valence-electron chi connectivity index (χ4n) is 1.59. The monoisotopic (exact) mass is 213 g/mol. The largest absolute Gasteiger partial charge is 0.416 e. The summed E-state index contributed by atoms with van der Waals surface area (Å²) in [7, 11) is 0. The van der Waals surface area contributed by atoms with Gasteiger partial charge in [0.15, 0.2) is 0 Å². The van der Waals surface area contributed by atoms with Crippen molar-refractivity contribution < 1.29 is 4.42 Å². The summed E-state index contributed by atoms with van der Waals surface area (Å²) in [4.78, 5) is 0. The van der Waals surface area contributed by atoms with E-state index in [1.165, 1.54) is 19.4 Å². The molecule has 1 atom stereocenters. The average Bonchev–Trinajstić information content (AvgIpc) is 2.63. The summed E-state index contributed by atoms with van der Waals surface area (Å²) < 4.78 is 5.29. The maximum atomic E-state index is 5.29. The van der Waals surface area contributed by atoms with Crippen LogP contribution in [0.25, 0.3) is 0 Å². The first-order chi connectivity index (χ1) is 6.84. The third kappa shape index (κ3) is 2.72. The van der Waals surface area contributed by atoms with Crippen LogP contribution in [0.15, 0.2) is 9.64 Å². The SMILES string of the molecule is Cc1nnc(SCC2CCCNC2)o1. The first-order valence-electron chi connectivity index (χ1n) is 4.98.